The van der Waals surface area contributed by atoms with E-state index in [0.29, 0.717) is 10.7 Å². The van der Waals surface area contributed by atoms with Crippen molar-refractivity contribution in [2.45, 2.75) is 19.1 Å². The van der Waals surface area contributed by atoms with Gasteiger partial charge in [0.05, 0.1) is 11.0 Å². The van der Waals surface area contributed by atoms with Crippen molar-refractivity contribution in [1.29, 1.82) is 0 Å². The van der Waals surface area contributed by atoms with Crippen molar-refractivity contribution in [3.63, 3.8) is 0 Å². The van der Waals surface area contributed by atoms with E-state index in [1.165, 1.54) is 18.7 Å². The van der Waals surface area contributed by atoms with Crippen LogP contribution in [0, 0.1) is 0 Å². The molecular formula is C12H14ClNO2S. The molecule has 0 aromatic heterocycles. The highest BCUT2D eigenvalue weighted by Crippen LogP contribution is 2.15. The van der Waals surface area contributed by atoms with Crippen LogP contribution in [0.5, 0.6) is 0 Å². The van der Waals surface area contributed by atoms with Crippen LogP contribution >= 0.6 is 23.4 Å². The molecule has 0 bridgehead atoms. The van der Waals surface area contributed by atoms with Gasteiger partial charge in [0.2, 0.25) is 5.91 Å². The second-order valence-corrected chi connectivity index (χ2v) is 5.38. The normalized spacial score (nSPS) is 11.9. The number of halogens is 1. The molecule has 0 saturated heterocycles. The highest BCUT2D eigenvalue weighted by Gasteiger charge is 2.10. The minimum Gasteiger partial charge on any atom is -0.325 e. The lowest BCUT2D eigenvalue weighted by Gasteiger charge is -2.08. The summed E-state index contributed by atoms with van der Waals surface area (Å²) in [6.07, 6.45) is 0. The summed E-state index contributed by atoms with van der Waals surface area (Å²) in [7, 11) is 0. The maximum atomic E-state index is 11.5. The Bertz CT molecular complexity index is 405. The third kappa shape index (κ3) is 5.24. The van der Waals surface area contributed by atoms with Gasteiger partial charge in [0, 0.05) is 10.7 Å². The maximum Gasteiger partial charge on any atom is 0.234 e. The standard InChI is InChI=1S/C12H14ClNO2S/c1-8(15)9(2)17-7-12(16)14-11-5-3-10(13)4-6-11/h3-6,9H,7H2,1-2H3,(H,14,16)/t9-/m1/s1. The highest BCUT2D eigenvalue weighted by molar-refractivity contribution is 8.01. The molecule has 1 atom stereocenters. The lowest BCUT2D eigenvalue weighted by atomic mass is 10.3. The predicted molar refractivity (Wildman–Crippen MR) is 72.7 cm³/mol. The topological polar surface area (TPSA) is 46.2 Å². The summed E-state index contributed by atoms with van der Waals surface area (Å²) in [4.78, 5) is 22.5. The smallest absolute Gasteiger partial charge is 0.234 e. The number of ketones is 1. The van der Waals surface area contributed by atoms with E-state index in [1.807, 2.05) is 0 Å². The number of benzene rings is 1. The van der Waals surface area contributed by atoms with Gasteiger partial charge in [-0.3, -0.25) is 9.59 Å². The molecule has 0 radical (unpaired) electrons. The lowest BCUT2D eigenvalue weighted by molar-refractivity contribution is -0.116. The first-order valence-corrected chi connectivity index (χ1v) is 6.59. The van der Waals surface area contributed by atoms with Crippen LogP contribution in [0.4, 0.5) is 5.69 Å². The summed E-state index contributed by atoms with van der Waals surface area (Å²) in [5.41, 5.74) is 0.704. The van der Waals surface area contributed by atoms with E-state index in [2.05, 4.69) is 5.32 Å². The number of nitrogens with one attached hydrogen (secondary N) is 1. The molecule has 3 nitrogen and oxygen atoms in total. The zero-order chi connectivity index (χ0) is 12.8. The van der Waals surface area contributed by atoms with E-state index in [4.69, 9.17) is 11.6 Å². The van der Waals surface area contributed by atoms with Crippen LogP contribution < -0.4 is 5.32 Å². The van der Waals surface area contributed by atoms with Crippen LogP contribution in [0.15, 0.2) is 24.3 Å². The Labute approximate surface area is 110 Å². The van der Waals surface area contributed by atoms with Gasteiger partial charge in [0.25, 0.3) is 0 Å². The van der Waals surface area contributed by atoms with Crippen molar-refractivity contribution in [1.82, 2.24) is 0 Å². The number of carbonyl (C=O) groups is 2. The quantitative estimate of drug-likeness (QED) is 0.896. The molecule has 92 valence electrons. The van der Waals surface area contributed by atoms with Crippen molar-refractivity contribution < 1.29 is 9.59 Å². The van der Waals surface area contributed by atoms with E-state index in [0.717, 1.165) is 0 Å². The Hall–Kier alpha value is -1.00. The van der Waals surface area contributed by atoms with E-state index in [-0.39, 0.29) is 22.7 Å². The number of hydrogen-bond acceptors (Lipinski definition) is 3. The second kappa shape index (κ2) is 6.67. The summed E-state index contributed by atoms with van der Waals surface area (Å²) in [6.45, 7) is 3.32. The van der Waals surface area contributed by atoms with Gasteiger partial charge in [-0.1, -0.05) is 11.6 Å². The average Bonchev–Trinajstić information content (AvgIpc) is 2.29. The van der Waals surface area contributed by atoms with E-state index >= 15 is 0 Å². The van der Waals surface area contributed by atoms with Crippen LogP contribution in [0.25, 0.3) is 0 Å². The molecule has 0 aliphatic carbocycles. The Balaban J connectivity index is 2.39. The number of Topliss-reactive ketones (excluding diaryl/α,β-unsaturated/α-hetero) is 1. The summed E-state index contributed by atoms with van der Waals surface area (Å²) in [6, 6.07) is 6.89. The lowest BCUT2D eigenvalue weighted by Crippen LogP contribution is -2.18. The molecule has 1 amide bonds. The van der Waals surface area contributed by atoms with Crippen LogP contribution in [-0.4, -0.2) is 22.7 Å². The summed E-state index contributed by atoms with van der Waals surface area (Å²) < 4.78 is 0. The molecule has 0 saturated carbocycles. The Morgan fingerprint density at radius 2 is 1.94 bits per heavy atom. The van der Waals surface area contributed by atoms with Gasteiger partial charge in [-0.25, -0.2) is 0 Å². The number of hydrogen-bond donors (Lipinski definition) is 1. The maximum absolute atomic E-state index is 11.5. The van der Waals surface area contributed by atoms with Gasteiger partial charge in [-0.2, -0.15) is 0 Å². The molecule has 1 rings (SSSR count). The first-order chi connectivity index (χ1) is 7.99. The third-order valence-electron chi connectivity index (χ3n) is 2.16. The van der Waals surface area contributed by atoms with Crippen LogP contribution in [-0.2, 0) is 9.59 Å². The van der Waals surface area contributed by atoms with Gasteiger partial charge < -0.3 is 5.32 Å². The molecule has 0 aliphatic rings. The van der Waals surface area contributed by atoms with Gasteiger partial charge in [0.1, 0.15) is 5.78 Å². The summed E-state index contributed by atoms with van der Waals surface area (Å²) in [5, 5.41) is 3.21. The monoisotopic (exact) mass is 271 g/mol. The van der Waals surface area contributed by atoms with E-state index in [1.54, 1.807) is 31.2 Å². The van der Waals surface area contributed by atoms with Crippen molar-refractivity contribution in [3.8, 4) is 0 Å². The summed E-state index contributed by atoms with van der Waals surface area (Å²) in [5.74, 6) is 0.225. The molecule has 1 aromatic carbocycles. The predicted octanol–water partition coefficient (Wildman–Crippen LogP) is 2.99. The molecule has 1 aromatic rings. The molecule has 0 spiro atoms. The SMILES string of the molecule is CC(=O)[C@@H](C)SCC(=O)Nc1ccc(Cl)cc1. The minimum atomic E-state index is -0.147. The van der Waals surface area contributed by atoms with Crippen molar-refractivity contribution in [2.75, 3.05) is 11.1 Å². The fourth-order valence-corrected chi connectivity index (χ4v) is 1.88. The number of anilines is 1. The van der Waals surface area contributed by atoms with E-state index < -0.39 is 0 Å². The van der Waals surface area contributed by atoms with Crippen LogP contribution in [0.1, 0.15) is 13.8 Å². The molecule has 0 heterocycles. The number of amides is 1. The largest absolute Gasteiger partial charge is 0.325 e. The molecule has 0 aliphatic heterocycles. The third-order valence-corrected chi connectivity index (χ3v) is 3.68. The van der Waals surface area contributed by atoms with Gasteiger partial charge in [-0.15, -0.1) is 11.8 Å². The molecule has 5 heteroatoms. The zero-order valence-corrected chi connectivity index (χ0v) is 11.3. The number of rotatable bonds is 5. The second-order valence-electron chi connectivity index (χ2n) is 3.62. The fraction of sp³-hybridized carbons (Fsp3) is 0.333. The number of thioether (sulfide) groups is 1. The molecular weight excluding hydrogens is 258 g/mol. The van der Waals surface area contributed by atoms with Crippen molar-refractivity contribution in [2.24, 2.45) is 0 Å². The van der Waals surface area contributed by atoms with Gasteiger partial charge in [0.15, 0.2) is 0 Å². The molecule has 17 heavy (non-hydrogen) atoms. The molecule has 0 unspecified atom stereocenters. The molecule has 1 N–H and O–H groups in total. The Morgan fingerprint density at radius 1 is 1.35 bits per heavy atom. The highest BCUT2D eigenvalue weighted by atomic mass is 35.5. The average molecular weight is 272 g/mol. The number of carbonyl (C=O) groups excluding carboxylic acids is 2. The Kier molecular flexibility index (Phi) is 5.51. The zero-order valence-electron chi connectivity index (χ0n) is 9.70. The minimum absolute atomic E-state index is 0.0780. The van der Waals surface area contributed by atoms with Crippen molar-refractivity contribution in [3.05, 3.63) is 29.3 Å². The van der Waals surface area contributed by atoms with Gasteiger partial charge >= 0.3 is 0 Å². The first kappa shape index (κ1) is 14.1. The van der Waals surface area contributed by atoms with Crippen LogP contribution in [0.3, 0.4) is 0 Å². The summed E-state index contributed by atoms with van der Waals surface area (Å²) >= 11 is 7.06. The Morgan fingerprint density at radius 3 is 2.47 bits per heavy atom. The fourth-order valence-electron chi connectivity index (χ4n) is 1.05. The van der Waals surface area contributed by atoms with Gasteiger partial charge in [-0.05, 0) is 38.1 Å². The van der Waals surface area contributed by atoms with E-state index in [9.17, 15) is 9.59 Å². The van der Waals surface area contributed by atoms with Crippen LogP contribution in [0.2, 0.25) is 5.02 Å². The molecule has 0 fully saturated rings. The van der Waals surface area contributed by atoms with Crippen molar-refractivity contribution >= 4 is 40.7 Å². The first-order valence-electron chi connectivity index (χ1n) is 5.16.